The second kappa shape index (κ2) is 40.0. The van der Waals surface area contributed by atoms with E-state index in [0.717, 1.165) is 86.5 Å². The standard InChI is InChI=1S/C81H106Cl2N11O27P/c1-7-8-9-10-11-12-13-14-21-86-22-23-88-80(5)32-57(116-37(4)71(80)102)120-70-68(101)67(100)55(34-95)119-79(70)121-69-53-28-41-29-54(69)118-52-20-17-40(27-47(52)83)66(99)64-77(108)92-62(78(109)110)43-30-50(96)44(33-87-35-122(113,114)115)59-58(43)42-25-38(15-18-45(42)81(59,111)112)60(74(105)94-64)91-75(106)61(41)90-73(104)49(31-56(84)97)89-76(107)63(93-72(103)48(85-6)24-36(2)3)65(98)39-16-19-51(117-53)46(82)26-39/h15-20,25-30,36-37,48-49,55,57,60-68,70-71,79,85-88,95-96,98-102,111-112H,7-14,21-24,31-35H2,1-6H3,(H2,84,97)(H,89,107)(H,90,104)(H,91,106)(H,92,108)(H,93,103)(H,94,105)(H,109,110)(H2,113,114,115). The van der Waals surface area contributed by atoms with E-state index in [2.05, 4.69) is 60.1 Å². The number of aliphatic carboxylic acids is 1. The van der Waals surface area contributed by atoms with Crippen molar-refractivity contribution in [3.63, 3.8) is 0 Å². The molecule has 11 bridgehead atoms. The normalized spacial score (nSPS) is 27.3. The van der Waals surface area contributed by atoms with Gasteiger partial charge in [0.1, 0.15) is 78.0 Å². The van der Waals surface area contributed by atoms with Crippen LogP contribution in [0.25, 0.3) is 11.1 Å². The van der Waals surface area contributed by atoms with Gasteiger partial charge in [-0.2, -0.15) is 0 Å². The number of phenols is 1. The van der Waals surface area contributed by atoms with Crippen LogP contribution in [0.4, 0.5) is 0 Å². The number of unbranched alkanes of at least 4 members (excludes halogenated alkanes) is 7. The molecule has 5 aromatic carbocycles. The van der Waals surface area contributed by atoms with Crippen LogP contribution in [0.15, 0.2) is 72.8 Å². The van der Waals surface area contributed by atoms with Crippen LogP contribution in [0.3, 0.4) is 0 Å². The van der Waals surface area contributed by atoms with Gasteiger partial charge in [-0.25, -0.2) is 4.79 Å². The SMILES string of the molecule is CCCCCCCCCCNCCNC1(C)CC(OC2C(Oc3c4cc5cc3Oc3ccc(cc3Cl)C(O)C3NC(=O)C(NC(=O)C5NC(=O)C(CC(N)=O)NC(=O)C(NC(=O)C(CC(C)C)NC)C(O)c5ccc(c(Cl)c5)O4)c4ccc5c(c4)-c4c(cc(O)c(CNCP(=O)(O)O)c4C5(O)O)C(C(=O)O)NC3=O)OC(CO)C(O)C2O)OC(C)C1O. The summed E-state index contributed by atoms with van der Waals surface area (Å²) in [6.45, 7) is 9.02. The van der Waals surface area contributed by atoms with E-state index < -0.39 is 263 Å². The lowest BCUT2D eigenvalue weighted by molar-refractivity contribution is -0.334. The Labute approximate surface area is 711 Å². The highest BCUT2D eigenvalue weighted by atomic mass is 35.5. The number of aromatic hydroxyl groups is 1. The van der Waals surface area contributed by atoms with E-state index >= 15 is 24.0 Å². The number of hydrogen-bond acceptors (Lipinski definition) is 28. The number of likely N-dealkylation sites (N-methyl/N-ethyl adjacent to an activating group) is 1. The highest BCUT2D eigenvalue weighted by molar-refractivity contribution is 7.51. The van der Waals surface area contributed by atoms with Gasteiger partial charge in [0.05, 0.1) is 47.6 Å². The quantitative estimate of drug-likeness (QED) is 0.0177. The molecule has 13 rings (SSSR count). The topological polar surface area (TPSA) is 598 Å². The van der Waals surface area contributed by atoms with Crippen LogP contribution in [0.1, 0.15) is 180 Å². The third kappa shape index (κ3) is 21.4. The van der Waals surface area contributed by atoms with Gasteiger partial charge in [0, 0.05) is 48.3 Å². The number of hydrogen-bond donors (Lipinski definition) is 23. The zero-order valence-electron chi connectivity index (χ0n) is 67.6. The molecule has 122 heavy (non-hydrogen) atoms. The number of halogens is 2. The number of carbonyl (C=O) groups is 8. The summed E-state index contributed by atoms with van der Waals surface area (Å²) >= 11 is 14.3. The fourth-order valence-corrected chi connectivity index (χ4v) is 16.9. The van der Waals surface area contributed by atoms with Gasteiger partial charge in [0.2, 0.25) is 59.2 Å². The third-order valence-corrected chi connectivity index (χ3v) is 23.7. The summed E-state index contributed by atoms with van der Waals surface area (Å²) in [5, 5.41) is 145. The molecule has 24 N–H and O–H groups in total. The second-order valence-corrected chi connectivity index (χ2v) is 34.5. The Bertz CT molecular complexity index is 4760. The number of aliphatic hydroxyl groups is 8. The first-order chi connectivity index (χ1) is 57.8. The lowest BCUT2D eigenvalue weighted by Gasteiger charge is -2.48. The molecule has 18 atom stereocenters. The molecule has 0 spiro atoms. The number of benzene rings is 5. The molecular weight excluding hydrogens is 1660 g/mol. The fraction of sp³-hybridized carbons (Fsp3) is 0.531. The Kier molecular flexibility index (Phi) is 30.8. The summed E-state index contributed by atoms with van der Waals surface area (Å²) in [6, 6.07) is -1.81. The Morgan fingerprint density at radius 3 is 1.93 bits per heavy atom. The van der Waals surface area contributed by atoms with Crippen LogP contribution in [0.5, 0.6) is 34.5 Å². The average Bonchev–Trinajstić information content (AvgIpc) is 1.54. The van der Waals surface area contributed by atoms with Crippen LogP contribution < -0.4 is 73.1 Å². The zero-order chi connectivity index (χ0) is 88.7. The van der Waals surface area contributed by atoms with Crippen molar-refractivity contribution in [1.29, 1.82) is 0 Å². The van der Waals surface area contributed by atoms with Crippen LogP contribution in [0, 0.1) is 5.92 Å². The molecule has 0 aromatic heterocycles. The number of carbonyl (C=O) groups excluding carboxylic acids is 7. The third-order valence-electron chi connectivity index (χ3n) is 22.4. The Morgan fingerprint density at radius 2 is 1.33 bits per heavy atom. The molecule has 18 unspecified atom stereocenters. The van der Waals surface area contributed by atoms with Crippen LogP contribution >= 0.6 is 30.8 Å². The maximum absolute atomic E-state index is 16.4. The molecule has 7 amide bonds. The summed E-state index contributed by atoms with van der Waals surface area (Å²) in [5.41, 5.74) is 0.197. The number of aliphatic hydroxyl groups excluding tert-OH is 6. The molecular formula is C81H106Cl2N11O27P. The summed E-state index contributed by atoms with van der Waals surface area (Å²) in [7, 11) is -3.40. The lowest BCUT2D eigenvalue weighted by atomic mass is 9.85. The summed E-state index contributed by atoms with van der Waals surface area (Å²) in [5.74, 6) is -18.2. The van der Waals surface area contributed by atoms with E-state index in [9.17, 15) is 79.8 Å². The van der Waals surface area contributed by atoms with Crippen molar-refractivity contribution in [2.75, 3.05) is 39.6 Å². The Hall–Kier alpha value is -8.81. The molecule has 2 fully saturated rings. The highest BCUT2D eigenvalue weighted by Gasteiger charge is 2.53. The monoisotopic (exact) mass is 1770 g/mol. The lowest BCUT2D eigenvalue weighted by Crippen LogP contribution is -2.65. The Balaban J connectivity index is 1.10. The highest BCUT2D eigenvalue weighted by Crippen LogP contribution is 2.55. The second-order valence-electron chi connectivity index (χ2n) is 32.0. The molecule has 5 aromatic rings. The smallest absolute Gasteiger partial charge is 0.339 e. The maximum Gasteiger partial charge on any atom is 0.339 e. The van der Waals surface area contributed by atoms with Crippen molar-refractivity contribution in [1.82, 2.24) is 53.2 Å². The molecule has 41 heteroatoms. The van der Waals surface area contributed by atoms with Crippen molar-refractivity contribution in [2.24, 2.45) is 11.7 Å². The largest absolute Gasteiger partial charge is 0.508 e. The first kappa shape index (κ1) is 93.9. The van der Waals surface area contributed by atoms with E-state index in [-0.39, 0.29) is 51.8 Å². The minimum absolute atomic E-state index is 0.121. The Morgan fingerprint density at radius 1 is 0.713 bits per heavy atom. The van der Waals surface area contributed by atoms with Gasteiger partial charge in [-0.3, -0.25) is 38.1 Å². The number of amides is 7. The van der Waals surface area contributed by atoms with Crippen molar-refractivity contribution < 1.29 is 132 Å². The summed E-state index contributed by atoms with van der Waals surface area (Å²) in [6.07, 6.45) is -10.5. The summed E-state index contributed by atoms with van der Waals surface area (Å²) in [4.78, 5) is 139. The number of nitrogens with two attached hydrogens (primary N) is 1. The maximum atomic E-state index is 16.4. The summed E-state index contributed by atoms with van der Waals surface area (Å²) < 4.78 is 51.6. The molecule has 2 saturated heterocycles. The van der Waals surface area contributed by atoms with Gasteiger partial charge < -0.3 is 148 Å². The number of rotatable bonds is 30. The molecule has 1 aliphatic carbocycles. The first-order valence-electron chi connectivity index (χ1n) is 40.2. The minimum atomic E-state index is -4.87. The minimum Gasteiger partial charge on any atom is -0.508 e. The van der Waals surface area contributed by atoms with Crippen LogP contribution in [0.2, 0.25) is 10.0 Å². The molecule has 7 aliphatic heterocycles. The predicted octanol–water partition coefficient (Wildman–Crippen LogP) is 1.78. The van der Waals surface area contributed by atoms with Gasteiger partial charge in [-0.15, -0.1) is 0 Å². The molecule has 8 aliphatic rings. The first-order valence-corrected chi connectivity index (χ1v) is 42.8. The van der Waals surface area contributed by atoms with Gasteiger partial charge >= 0.3 is 13.6 Å². The molecule has 0 saturated carbocycles. The number of ether oxygens (including phenoxy) is 6. The number of phenolic OH excluding ortho intramolecular Hbond substituents is 1. The number of carboxylic acid groups (broad SMARTS) is 1. The number of primary amides is 1. The number of fused-ring (bicyclic) bond motifs is 12. The van der Waals surface area contributed by atoms with Gasteiger partial charge in [-0.1, -0.05) is 113 Å². The van der Waals surface area contributed by atoms with E-state index in [4.69, 9.17) is 57.4 Å². The molecule has 7 heterocycles. The van der Waals surface area contributed by atoms with E-state index in [1.54, 1.807) is 13.8 Å². The average molecular weight is 1770 g/mol. The van der Waals surface area contributed by atoms with Crippen molar-refractivity contribution >= 4 is 78.1 Å². The van der Waals surface area contributed by atoms with Crippen molar-refractivity contribution in [3.05, 3.63) is 127 Å². The predicted molar refractivity (Wildman–Crippen MR) is 434 cm³/mol. The molecule has 0 radical (unpaired) electrons. The van der Waals surface area contributed by atoms with Gasteiger partial charge in [-0.05, 0) is 134 Å². The van der Waals surface area contributed by atoms with Crippen LogP contribution in [-0.4, -0.2) is 227 Å². The van der Waals surface area contributed by atoms with E-state index in [0.29, 0.717) is 13.1 Å². The molecule has 666 valence electrons. The zero-order valence-corrected chi connectivity index (χ0v) is 70.0. The van der Waals surface area contributed by atoms with E-state index in [1.165, 1.54) is 51.3 Å². The van der Waals surface area contributed by atoms with Gasteiger partial charge in [0.15, 0.2) is 29.9 Å². The van der Waals surface area contributed by atoms with Crippen molar-refractivity contribution in [3.8, 4) is 45.6 Å². The van der Waals surface area contributed by atoms with Crippen LogP contribution in [-0.2, 0) is 69.5 Å². The molecule has 38 nitrogen and oxygen atoms in total. The van der Waals surface area contributed by atoms with Gasteiger partial charge in [0.25, 0.3) is 0 Å². The number of nitrogens with one attached hydrogen (secondary N) is 10. The van der Waals surface area contributed by atoms with Crippen molar-refractivity contribution in [2.45, 2.75) is 227 Å². The van der Waals surface area contributed by atoms with E-state index in [1.807, 2.05) is 13.8 Å². The number of carboxylic acids is 1. The fourth-order valence-electron chi connectivity index (χ4n) is 16.0.